The lowest BCUT2D eigenvalue weighted by atomic mass is 10.1. The number of hydrogen-bond donors (Lipinski definition) is 2. The molecule has 1 rings (SSSR count). The molecule has 19 heavy (non-hydrogen) atoms. The first-order valence-electron chi connectivity index (χ1n) is 5.60. The number of hydrogen-bond acceptors (Lipinski definition) is 4. The van der Waals surface area contributed by atoms with Crippen molar-refractivity contribution in [2.75, 3.05) is 7.05 Å². The van der Waals surface area contributed by atoms with Gasteiger partial charge in [-0.05, 0) is 13.0 Å². The van der Waals surface area contributed by atoms with E-state index in [4.69, 9.17) is 0 Å². The van der Waals surface area contributed by atoms with Crippen LogP contribution in [-0.4, -0.2) is 28.7 Å². The largest absolute Gasteiger partial charge is 0.307 e. The molecule has 1 aromatic heterocycles. The topological polar surface area (TPSA) is 70.1 Å². The smallest absolute Gasteiger partial charge is 0.196 e. The van der Waals surface area contributed by atoms with Crippen LogP contribution in [0.25, 0.3) is 5.57 Å². The molecule has 0 unspecified atom stereocenters. The first-order valence-corrected chi connectivity index (χ1v) is 6.48. The SMILES string of the molecule is C=C/C=C(\C=C/C)c1cc(C(=NC)NSC=O)[nH]n1. The molecule has 0 aliphatic heterocycles. The summed E-state index contributed by atoms with van der Waals surface area (Å²) in [5.74, 6) is 0.564. The molecule has 0 aliphatic rings. The Hall–Kier alpha value is -2.08. The van der Waals surface area contributed by atoms with Gasteiger partial charge in [0.15, 0.2) is 11.5 Å². The molecule has 0 amide bonds. The highest BCUT2D eigenvalue weighted by Gasteiger charge is 2.08. The van der Waals surface area contributed by atoms with Crippen molar-refractivity contribution >= 4 is 29.0 Å². The molecule has 0 atom stereocenters. The van der Waals surface area contributed by atoms with Crippen LogP contribution < -0.4 is 4.72 Å². The monoisotopic (exact) mass is 276 g/mol. The molecule has 0 saturated carbocycles. The van der Waals surface area contributed by atoms with Crippen molar-refractivity contribution in [1.82, 2.24) is 14.9 Å². The third-order valence-corrected chi connectivity index (χ3v) is 2.61. The standard InChI is InChI=1S/C13H16N4OS/c1-4-6-10(7-5-2)11-8-12(16-15-11)13(14-3)17-19-9-18/h4-9H,1H2,2-3H3,(H,14,17)(H,15,16)/b7-5-,10-6+. The lowest BCUT2D eigenvalue weighted by molar-refractivity contribution is 0.570. The van der Waals surface area contributed by atoms with Crippen LogP contribution in [0, 0.1) is 0 Å². The molecule has 5 nitrogen and oxygen atoms in total. The Morgan fingerprint density at radius 1 is 1.63 bits per heavy atom. The molecule has 0 spiro atoms. The van der Waals surface area contributed by atoms with Crippen LogP contribution in [0.4, 0.5) is 0 Å². The van der Waals surface area contributed by atoms with Crippen molar-refractivity contribution in [3.05, 3.63) is 48.3 Å². The number of aromatic nitrogens is 2. The summed E-state index contributed by atoms with van der Waals surface area (Å²) < 4.78 is 2.82. The average Bonchev–Trinajstić information content (AvgIpc) is 2.89. The molecular formula is C13H16N4OS. The van der Waals surface area contributed by atoms with E-state index in [2.05, 4.69) is 26.5 Å². The lowest BCUT2D eigenvalue weighted by Crippen LogP contribution is -2.17. The predicted molar refractivity (Wildman–Crippen MR) is 81.5 cm³/mol. The normalized spacial score (nSPS) is 12.7. The van der Waals surface area contributed by atoms with E-state index in [9.17, 15) is 4.79 Å². The quantitative estimate of drug-likeness (QED) is 0.275. The van der Waals surface area contributed by atoms with Crippen LogP contribution in [-0.2, 0) is 4.79 Å². The van der Waals surface area contributed by atoms with Crippen LogP contribution in [0.2, 0.25) is 0 Å². The van der Waals surface area contributed by atoms with E-state index in [1.807, 2.05) is 31.2 Å². The number of aromatic amines is 1. The number of H-pyrrole nitrogens is 1. The van der Waals surface area contributed by atoms with E-state index in [1.54, 1.807) is 13.1 Å². The van der Waals surface area contributed by atoms with E-state index >= 15 is 0 Å². The molecule has 0 saturated heterocycles. The summed E-state index contributed by atoms with van der Waals surface area (Å²) in [7, 11) is 1.64. The van der Waals surface area contributed by atoms with Crippen LogP contribution in [0.1, 0.15) is 18.3 Å². The summed E-state index contributed by atoms with van der Waals surface area (Å²) in [5, 5.41) is 7.10. The van der Waals surface area contributed by atoms with Gasteiger partial charge in [0.05, 0.1) is 5.69 Å². The third-order valence-electron chi connectivity index (χ3n) is 2.20. The van der Waals surface area contributed by atoms with Crippen molar-refractivity contribution in [3.8, 4) is 0 Å². The van der Waals surface area contributed by atoms with Crippen molar-refractivity contribution < 1.29 is 4.79 Å². The number of carbonyl (C=O) groups is 1. The summed E-state index contributed by atoms with van der Waals surface area (Å²) in [4.78, 5) is 14.4. The number of carbonyl (C=O) groups excluding carboxylic acids is 1. The minimum absolute atomic E-state index is 0.564. The maximum atomic E-state index is 10.3. The molecule has 0 radical (unpaired) electrons. The van der Waals surface area contributed by atoms with Crippen LogP contribution in [0.15, 0.2) is 41.9 Å². The van der Waals surface area contributed by atoms with Gasteiger partial charge in [-0.15, -0.1) is 0 Å². The molecule has 100 valence electrons. The Kier molecular flexibility index (Phi) is 6.38. The van der Waals surface area contributed by atoms with Gasteiger partial charge in [-0.25, -0.2) is 0 Å². The fourth-order valence-electron chi connectivity index (χ4n) is 1.42. The van der Waals surface area contributed by atoms with Gasteiger partial charge >= 0.3 is 0 Å². The number of amidine groups is 1. The predicted octanol–water partition coefficient (Wildman–Crippen LogP) is 2.36. The second-order valence-corrected chi connectivity index (χ2v) is 4.05. The van der Waals surface area contributed by atoms with Gasteiger partial charge in [-0.2, -0.15) is 5.10 Å². The third kappa shape index (κ3) is 4.26. The van der Waals surface area contributed by atoms with Crippen LogP contribution in [0.5, 0.6) is 0 Å². The summed E-state index contributed by atoms with van der Waals surface area (Å²) in [6.45, 7) is 5.62. The zero-order valence-electron chi connectivity index (χ0n) is 10.9. The zero-order valence-corrected chi connectivity index (χ0v) is 11.7. The molecule has 1 aromatic rings. The Labute approximate surface area is 116 Å². The first-order chi connectivity index (χ1) is 9.26. The zero-order chi connectivity index (χ0) is 14.1. The number of rotatable bonds is 6. The first kappa shape index (κ1) is 15.0. The van der Waals surface area contributed by atoms with Crippen molar-refractivity contribution in [2.45, 2.75) is 6.92 Å². The fraction of sp³-hybridized carbons (Fsp3) is 0.154. The summed E-state index contributed by atoms with van der Waals surface area (Å²) in [5.41, 5.74) is 3.14. The molecule has 0 fully saturated rings. The van der Waals surface area contributed by atoms with Gasteiger partial charge in [-0.1, -0.05) is 30.9 Å². The van der Waals surface area contributed by atoms with Gasteiger partial charge < -0.3 is 4.72 Å². The van der Waals surface area contributed by atoms with E-state index in [0.29, 0.717) is 17.1 Å². The van der Waals surface area contributed by atoms with Gasteiger partial charge in [0, 0.05) is 24.6 Å². The van der Waals surface area contributed by atoms with Crippen molar-refractivity contribution in [1.29, 1.82) is 0 Å². The average molecular weight is 276 g/mol. The Balaban J connectivity index is 3.00. The second kappa shape index (κ2) is 8.10. The maximum Gasteiger partial charge on any atom is 0.196 e. The molecule has 0 aromatic carbocycles. The van der Waals surface area contributed by atoms with E-state index in [-0.39, 0.29) is 0 Å². The Bertz CT molecular complexity index is 529. The highest BCUT2D eigenvalue weighted by atomic mass is 32.2. The minimum Gasteiger partial charge on any atom is -0.307 e. The van der Waals surface area contributed by atoms with Crippen molar-refractivity contribution in [3.63, 3.8) is 0 Å². The van der Waals surface area contributed by atoms with E-state index in [1.165, 1.54) is 0 Å². The number of allylic oxidation sites excluding steroid dienone is 5. The van der Waals surface area contributed by atoms with Gasteiger partial charge in [0.25, 0.3) is 0 Å². The van der Waals surface area contributed by atoms with Crippen LogP contribution in [0.3, 0.4) is 0 Å². The summed E-state index contributed by atoms with van der Waals surface area (Å²) in [6.07, 6.45) is 7.45. The fourth-order valence-corrected chi connectivity index (χ4v) is 1.79. The van der Waals surface area contributed by atoms with Crippen LogP contribution >= 0.6 is 11.9 Å². The Morgan fingerprint density at radius 2 is 2.42 bits per heavy atom. The van der Waals surface area contributed by atoms with Gasteiger partial charge in [0.1, 0.15) is 5.69 Å². The highest BCUT2D eigenvalue weighted by molar-refractivity contribution is 8.10. The summed E-state index contributed by atoms with van der Waals surface area (Å²) in [6, 6.07) is 1.86. The summed E-state index contributed by atoms with van der Waals surface area (Å²) >= 11 is 0.920. The molecule has 6 heteroatoms. The second-order valence-electron chi connectivity index (χ2n) is 3.41. The van der Waals surface area contributed by atoms with E-state index < -0.39 is 0 Å². The molecule has 2 N–H and O–H groups in total. The molecule has 0 aliphatic carbocycles. The number of nitrogens with zero attached hydrogens (tertiary/aromatic N) is 2. The maximum absolute atomic E-state index is 10.3. The van der Waals surface area contributed by atoms with Gasteiger partial charge in [0.2, 0.25) is 0 Å². The number of nitrogens with one attached hydrogen (secondary N) is 2. The van der Waals surface area contributed by atoms with Gasteiger partial charge in [-0.3, -0.25) is 14.9 Å². The minimum atomic E-state index is 0.564. The number of aliphatic imine (C=N–C) groups is 1. The lowest BCUT2D eigenvalue weighted by Gasteiger charge is -2.01. The van der Waals surface area contributed by atoms with Crippen molar-refractivity contribution in [2.24, 2.45) is 4.99 Å². The Morgan fingerprint density at radius 3 is 3.00 bits per heavy atom. The van der Waals surface area contributed by atoms with E-state index in [0.717, 1.165) is 23.2 Å². The molecule has 1 heterocycles. The molecular weight excluding hydrogens is 260 g/mol. The molecule has 0 bridgehead atoms. The highest BCUT2D eigenvalue weighted by Crippen LogP contribution is 2.15.